The third-order valence-corrected chi connectivity index (χ3v) is 3.95. The Morgan fingerprint density at radius 3 is 2.80 bits per heavy atom. The zero-order valence-electron chi connectivity index (χ0n) is 13.7. The summed E-state index contributed by atoms with van der Waals surface area (Å²) in [4.78, 5) is 34.6. The number of carbonyl (C=O) groups excluding carboxylic acids is 2. The van der Waals surface area contributed by atoms with Gasteiger partial charge in [0.2, 0.25) is 0 Å². The number of rotatable bonds is 7. The largest absolute Gasteiger partial charge is 0.418 e. The van der Waals surface area contributed by atoms with Gasteiger partial charge in [-0.3, -0.25) is 14.2 Å². The summed E-state index contributed by atoms with van der Waals surface area (Å²) in [5.74, 6) is -0.552. The van der Waals surface area contributed by atoms with E-state index in [0.29, 0.717) is 5.06 Å². The minimum absolute atomic E-state index is 0.0903. The highest BCUT2D eigenvalue weighted by Crippen LogP contribution is 2.17. The molecule has 2 rings (SSSR count). The lowest BCUT2D eigenvalue weighted by Crippen LogP contribution is -2.59. The second-order valence-electron chi connectivity index (χ2n) is 5.23. The van der Waals surface area contributed by atoms with E-state index in [1.54, 1.807) is 31.1 Å². The van der Waals surface area contributed by atoms with E-state index in [0.717, 1.165) is 10.6 Å². The molecule has 2 heterocycles. The molecule has 0 unspecified atom stereocenters. The van der Waals surface area contributed by atoms with E-state index in [1.807, 2.05) is 0 Å². The fraction of sp³-hybridized carbons (Fsp3) is 0.583. The maximum absolute atomic E-state index is 12.2. The van der Waals surface area contributed by atoms with E-state index < -0.39 is 28.4 Å². The molecule has 1 atom stereocenters. The van der Waals surface area contributed by atoms with Crippen molar-refractivity contribution in [2.45, 2.75) is 26.0 Å². The van der Waals surface area contributed by atoms with Crippen molar-refractivity contribution in [1.29, 1.82) is 0 Å². The summed E-state index contributed by atoms with van der Waals surface area (Å²) in [7, 11) is -3.05. The van der Waals surface area contributed by atoms with E-state index in [-0.39, 0.29) is 26.1 Å². The molecule has 0 saturated carbocycles. The minimum Gasteiger partial charge on any atom is -0.336 e. The summed E-state index contributed by atoms with van der Waals surface area (Å²) >= 11 is 0. The van der Waals surface area contributed by atoms with E-state index in [1.165, 1.54) is 0 Å². The average molecular weight is 377 g/mol. The number of urea groups is 1. The number of hydrogen-bond acceptors (Lipinski definition) is 7. The second-order valence-corrected chi connectivity index (χ2v) is 6.23. The number of aryl methyl sites for hydroxylation is 1. The van der Waals surface area contributed by atoms with Crippen LogP contribution in [0, 0.1) is 0 Å². The maximum Gasteiger partial charge on any atom is 0.418 e. The third-order valence-electron chi connectivity index (χ3n) is 3.58. The van der Waals surface area contributed by atoms with Crippen molar-refractivity contribution in [3.05, 3.63) is 18.2 Å². The van der Waals surface area contributed by atoms with Crippen molar-refractivity contribution in [2.75, 3.05) is 13.1 Å². The zero-order valence-corrected chi connectivity index (χ0v) is 14.5. The first-order chi connectivity index (χ1) is 11.7. The van der Waals surface area contributed by atoms with Gasteiger partial charge in [0.15, 0.2) is 0 Å². The number of nitrogens with zero attached hydrogens (tertiary/aromatic N) is 4. The van der Waals surface area contributed by atoms with Gasteiger partial charge < -0.3 is 9.47 Å². The Kier molecular flexibility index (Phi) is 5.94. The molecule has 12 nitrogen and oxygen atoms in total. The van der Waals surface area contributed by atoms with Crippen molar-refractivity contribution >= 4 is 22.3 Å². The van der Waals surface area contributed by atoms with Crippen LogP contribution in [-0.2, 0) is 38.0 Å². The molecule has 0 spiro atoms. The van der Waals surface area contributed by atoms with Crippen LogP contribution in [0.1, 0.15) is 19.0 Å². The van der Waals surface area contributed by atoms with Gasteiger partial charge in [-0.2, -0.15) is 13.5 Å². The SMILES string of the molecule is CCN1C(=O)N(OS(=O)(=O)O)CC[C@H]1C(=O)NOCc1cncn1C. The molecule has 140 valence electrons. The van der Waals surface area contributed by atoms with Gasteiger partial charge in [0.05, 0.1) is 24.8 Å². The van der Waals surface area contributed by atoms with Crippen LogP contribution < -0.4 is 5.48 Å². The molecular formula is C12H19N5O7S. The van der Waals surface area contributed by atoms with Crippen LogP contribution in [0.15, 0.2) is 12.5 Å². The number of amides is 3. The van der Waals surface area contributed by atoms with Gasteiger partial charge >= 0.3 is 16.4 Å². The van der Waals surface area contributed by atoms with E-state index >= 15 is 0 Å². The van der Waals surface area contributed by atoms with Crippen molar-refractivity contribution in [2.24, 2.45) is 7.05 Å². The fourth-order valence-corrected chi connectivity index (χ4v) is 2.72. The van der Waals surface area contributed by atoms with Gasteiger partial charge in [-0.25, -0.2) is 15.3 Å². The highest BCUT2D eigenvalue weighted by atomic mass is 32.3. The zero-order chi connectivity index (χ0) is 18.6. The topological polar surface area (TPSA) is 143 Å². The predicted molar refractivity (Wildman–Crippen MR) is 81.7 cm³/mol. The molecular weight excluding hydrogens is 358 g/mol. The summed E-state index contributed by atoms with van der Waals surface area (Å²) in [6.07, 6.45) is 3.26. The number of aromatic nitrogens is 2. The van der Waals surface area contributed by atoms with Crippen LogP contribution in [0.5, 0.6) is 0 Å². The van der Waals surface area contributed by atoms with Crippen LogP contribution in [0.3, 0.4) is 0 Å². The normalized spacial score (nSPS) is 18.5. The summed E-state index contributed by atoms with van der Waals surface area (Å²) in [5, 5.41) is 0.485. The summed E-state index contributed by atoms with van der Waals surface area (Å²) in [6.45, 7) is 1.65. The van der Waals surface area contributed by atoms with Crippen molar-refractivity contribution in [3.63, 3.8) is 0 Å². The van der Waals surface area contributed by atoms with Gasteiger partial charge in [0.1, 0.15) is 12.6 Å². The van der Waals surface area contributed by atoms with E-state index in [9.17, 15) is 18.0 Å². The third kappa shape index (κ3) is 4.88. The van der Waals surface area contributed by atoms with Crippen LogP contribution in [-0.4, -0.2) is 63.6 Å². The molecule has 1 aliphatic rings. The molecule has 1 aromatic heterocycles. The summed E-state index contributed by atoms with van der Waals surface area (Å²) < 4.78 is 36.1. The molecule has 0 aliphatic carbocycles. The first-order valence-corrected chi connectivity index (χ1v) is 8.71. The van der Waals surface area contributed by atoms with Gasteiger partial charge in [0.25, 0.3) is 5.91 Å². The maximum atomic E-state index is 12.2. The molecule has 0 radical (unpaired) electrons. The monoisotopic (exact) mass is 377 g/mol. The quantitative estimate of drug-likeness (QED) is 0.465. The lowest BCUT2D eigenvalue weighted by Gasteiger charge is -2.38. The summed E-state index contributed by atoms with van der Waals surface area (Å²) in [6, 6.07) is -1.71. The van der Waals surface area contributed by atoms with Crippen LogP contribution in [0.2, 0.25) is 0 Å². The lowest BCUT2D eigenvalue weighted by molar-refractivity contribution is -0.143. The highest BCUT2D eigenvalue weighted by Gasteiger charge is 2.39. The molecule has 1 saturated heterocycles. The standard InChI is InChI=1S/C12H19N5O7S/c1-3-16-10(4-5-17(12(16)19)24-25(20,21)22)11(18)14-23-7-9-6-13-8-15(9)2/h6,8,10H,3-5,7H2,1-2H3,(H,14,18)(H,20,21,22)/t10-/m0/s1. The Balaban J connectivity index is 1.93. The Hall–Kier alpha value is -2.22. The van der Waals surface area contributed by atoms with Crippen LogP contribution in [0.25, 0.3) is 0 Å². The lowest BCUT2D eigenvalue weighted by atomic mass is 10.1. The predicted octanol–water partition coefficient (Wildman–Crippen LogP) is -0.781. The second kappa shape index (κ2) is 7.77. The van der Waals surface area contributed by atoms with Gasteiger partial charge in [0, 0.05) is 13.6 Å². The fourth-order valence-electron chi connectivity index (χ4n) is 2.35. The molecule has 13 heteroatoms. The van der Waals surface area contributed by atoms with Crippen LogP contribution in [0.4, 0.5) is 4.79 Å². The first kappa shape index (κ1) is 19.1. The van der Waals surface area contributed by atoms with E-state index in [4.69, 9.17) is 9.39 Å². The smallest absolute Gasteiger partial charge is 0.336 e. The Morgan fingerprint density at radius 1 is 1.52 bits per heavy atom. The van der Waals surface area contributed by atoms with Gasteiger partial charge in [-0.15, -0.1) is 4.28 Å². The van der Waals surface area contributed by atoms with Gasteiger partial charge in [-0.05, 0) is 13.3 Å². The summed E-state index contributed by atoms with van der Waals surface area (Å²) in [5.41, 5.74) is 3.00. The molecule has 0 bridgehead atoms. The highest BCUT2D eigenvalue weighted by molar-refractivity contribution is 7.80. The van der Waals surface area contributed by atoms with Crippen LogP contribution >= 0.6 is 0 Å². The molecule has 1 aliphatic heterocycles. The molecule has 3 amide bonds. The number of likely N-dealkylation sites (N-methyl/N-ethyl adjacent to an activating group) is 1. The Morgan fingerprint density at radius 2 is 2.24 bits per heavy atom. The molecule has 0 aromatic carbocycles. The number of imidazole rings is 1. The number of hydroxylamine groups is 3. The van der Waals surface area contributed by atoms with Gasteiger partial charge in [-0.1, -0.05) is 0 Å². The molecule has 1 aromatic rings. The Bertz CT molecular complexity index is 734. The minimum atomic E-state index is -4.82. The van der Waals surface area contributed by atoms with Crippen molar-refractivity contribution in [3.8, 4) is 0 Å². The first-order valence-electron chi connectivity index (χ1n) is 7.35. The number of hydrogen-bond donors (Lipinski definition) is 2. The number of carbonyl (C=O) groups is 2. The number of nitrogens with one attached hydrogen (secondary N) is 1. The van der Waals surface area contributed by atoms with E-state index in [2.05, 4.69) is 14.7 Å². The molecule has 1 fully saturated rings. The molecule has 2 N–H and O–H groups in total. The Labute approximate surface area is 144 Å². The molecule has 25 heavy (non-hydrogen) atoms. The van der Waals surface area contributed by atoms with Crippen molar-refractivity contribution < 1.29 is 31.7 Å². The average Bonchev–Trinajstić information content (AvgIpc) is 2.93. The van der Waals surface area contributed by atoms with Crippen molar-refractivity contribution in [1.82, 2.24) is 25.0 Å².